The van der Waals surface area contributed by atoms with E-state index in [1.165, 1.54) is 24.4 Å². The maximum absolute atomic E-state index is 14.7. The molecular formula is C24H22F2N4. The lowest BCUT2D eigenvalue weighted by Gasteiger charge is -2.21. The van der Waals surface area contributed by atoms with Crippen LogP contribution in [0.5, 0.6) is 0 Å². The number of rotatable bonds is 2. The fourth-order valence-corrected chi connectivity index (χ4v) is 4.20. The van der Waals surface area contributed by atoms with Gasteiger partial charge in [0.2, 0.25) is 0 Å². The number of nitrogens with zero attached hydrogens (tertiary/aromatic N) is 4. The SMILES string of the molecule is Cc1nc2c(c3ccccc3c3ncc(-c4c(F)cccc4F)n32)n1CC(C)(C)C. The van der Waals surface area contributed by atoms with Gasteiger partial charge in [-0.05, 0) is 24.5 Å². The van der Waals surface area contributed by atoms with Gasteiger partial charge in [0.05, 0.1) is 23.0 Å². The van der Waals surface area contributed by atoms with Crippen LogP contribution < -0.4 is 0 Å². The normalized spacial score (nSPS) is 12.5. The molecule has 0 amide bonds. The van der Waals surface area contributed by atoms with Crippen LogP contribution in [0.2, 0.25) is 0 Å². The maximum Gasteiger partial charge on any atom is 0.165 e. The zero-order chi connectivity index (χ0) is 21.2. The number of hydrogen-bond donors (Lipinski definition) is 0. The lowest BCUT2D eigenvalue weighted by Crippen LogP contribution is -2.16. The molecule has 6 heteroatoms. The van der Waals surface area contributed by atoms with Crippen LogP contribution >= 0.6 is 0 Å². The van der Waals surface area contributed by atoms with E-state index in [-0.39, 0.29) is 11.0 Å². The molecule has 5 aromatic rings. The average molecular weight is 404 g/mol. The van der Waals surface area contributed by atoms with E-state index in [0.29, 0.717) is 17.0 Å². The van der Waals surface area contributed by atoms with Gasteiger partial charge in [0.25, 0.3) is 0 Å². The molecule has 0 aliphatic carbocycles. The molecule has 0 saturated carbocycles. The first-order valence-corrected chi connectivity index (χ1v) is 9.95. The van der Waals surface area contributed by atoms with Gasteiger partial charge in [-0.3, -0.25) is 4.40 Å². The molecular weight excluding hydrogens is 382 g/mol. The molecule has 0 saturated heterocycles. The Kier molecular flexibility index (Phi) is 3.97. The molecule has 0 bridgehead atoms. The van der Waals surface area contributed by atoms with Gasteiger partial charge in [0.15, 0.2) is 5.65 Å². The van der Waals surface area contributed by atoms with E-state index in [9.17, 15) is 8.78 Å². The van der Waals surface area contributed by atoms with Crippen molar-refractivity contribution in [1.82, 2.24) is 18.9 Å². The Morgan fingerprint density at radius 2 is 1.57 bits per heavy atom. The third-order valence-corrected chi connectivity index (χ3v) is 5.39. The first-order chi connectivity index (χ1) is 14.3. The summed E-state index contributed by atoms with van der Waals surface area (Å²) in [4.78, 5) is 9.38. The molecule has 4 nitrogen and oxygen atoms in total. The predicted octanol–water partition coefficient (Wildman–Crippen LogP) is 6.14. The molecule has 152 valence electrons. The summed E-state index contributed by atoms with van der Waals surface area (Å²) < 4.78 is 33.3. The van der Waals surface area contributed by atoms with E-state index in [2.05, 4.69) is 36.4 Å². The quantitative estimate of drug-likeness (QED) is 0.354. The van der Waals surface area contributed by atoms with Crippen molar-refractivity contribution in [3.05, 3.63) is 66.1 Å². The highest BCUT2D eigenvalue weighted by Crippen LogP contribution is 2.35. The van der Waals surface area contributed by atoms with Crippen LogP contribution in [0.15, 0.2) is 48.7 Å². The van der Waals surface area contributed by atoms with Gasteiger partial charge < -0.3 is 4.57 Å². The van der Waals surface area contributed by atoms with Gasteiger partial charge in [-0.15, -0.1) is 0 Å². The highest BCUT2D eigenvalue weighted by molar-refractivity contribution is 6.10. The summed E-state index contributed by atoms with van der Waals surface area (Å²) in [6.07, 6.45) is 1.53. The van der Waals surface area contributed by atoms with E-state index >= 15 is 0 Å². The van der Waals surface area contributed by atoms with Crippen LogP contribution in [0.4, 0.5) is 8.78 Å². The monoisotopic (exact) mass is 404 g/mol. The second kappa shape index (κ2) is 6.36. The molecule has 30 heavy (non-hydrogen) atoms. The van der Waals surface area contributed by atoms with Crippen LogP contribution in [-0.2, 0) is 6.54 Å². The minimum atomic E-state index is -0.621. The van der Waals surface area contributed by atoms with Crippen molar-refractivity contribution >= 4 is 27.6 Å². The molecule has 0 spiro atoms. The van der Waals surface area contributed by atoms with Crippen LogP contribution in [0.1, 0.15) is 26.6 Å². The number of aryl methyl sites for hydroxylation is 1. The number of halogens is 2. The number of benzene rings is 2. The summed E-state index contributed by atoms with van der Waals surface area (Å²) >= 11 is 0. The minimum Gasteiger partial charge on any atom is -0.326 e. The summed E-state index contributed by atoms with van der Waals surface area (Å²) in [5.74, 6) is -0.390. The van der Waals surface area contributed by atoms with Crippen molar-refractivity contribution in [3.8, 4) is 11.3 Å². The zero-order valence-electron chi connectivity index (χ0n) is 17.4. The van der Waals surface area contributed by atoms with Crippen molar-refractivity contribution in [2.45, 2.75) is 34.2 Å². The summed E-state index contributed by atoms with van der Waals surface area (Å²) in [6, 6.07) is 11.9. The average Bonchev–Trinajstić information content (AvgIpc) is 3.23. The summed E-state index contributed by atoms with van der Waals surface area (Å²) in [6.45, 7) is 9.26. The Hall–Kier alpha value is -3.28. The van der Waals surface area contributed by atoms with Gasteiger partial charge in [-0.2, -0.15) is 0 Å². The van der Waals surface area contributed by atoms with Gasteiger partial charge in [0, 0.05) is 17.3 Å². The van der Waals surface area contributed by atoms with E-state index in [4.69, 9.17) is 4.98 Å². The van der Waals surface area contributed by atoms with Crippen molar-refractivity contribution in [3.63, 3.8) is 0 Å². The summed E-state index contributed by atoms with van der Waals surface area (Å²) in [5, 5.41) is 1.94. The van der Waals surface area contributed by atoms with E-state index in [1.54, 1.807) is 4.40 Å². The molecule has 0 unspecified atom stereocenters. The predicted molar refractivity (Wildman–Crippen MR) is 116 cm³/mol. The third kappa shape index (κ3) is 2.70. The van der Waals surface area contributed by atoms with Crippen molar-refractivity contribution in [2.75, 3.05) is 0 Å². The van der Waals surface area contributed by atoms with E-state index < -0.39 is 11.6 Å². The van der Waals surface area contributed by atoms with Gasteiger partial charge in [-0.25, -0.2) is 18.7 Å². The van der Waals surface area contributed by atoms with Crippen LogP contribution in [0.25, 0.3) is 38.8 Å². The Labute approximate surface area is 172 Å². The van der Waals surface area contributed by atoms with Crippen LogP contribution in [-0.4, -0.2) is 18.9 Å². The molecule has 0 aliphatic heterocycles. The largest absolute Gasteiger partial charge is 0.326 e. The Morgan fingerprint density at radius 1 is 0.900 bits per heavy atom. The first kappa shape index (κ1) is 18.7. The number of fused-ring (bicyclic) bond motifs is 6. The van der Waals surface area contributed by atoms with Crippen LogP contribution in [0.3, 0.4) is 0 Å². The molecule has 0 fully saturated rings. The molecule has 0 N–H and O–H groups in total. The van der Waals surface area contributed by atoms with Gasteiger partial charge in [-0.1, -0.05) is 51.1 Å². The molecule has 0 radical (unpaired) electrons. The van der Waals surface area contributed by atoms with Crippen LogP contribution in [0, 0.1) is 24.0 Å². The Balaban J connectivity index is 1.99. The highest BCUT2D eigenvalue weighted by Gasteiger charge is 2.24. The fraction of sp³-hybridized carbons (Fsp3) is 0.250. The number of hydrogen-bond acceptors (Lipinski definition) is 2. The number of imidazole rings is 2. The smallest absolute Gasteiger partial charge is 0.165 e. The second-order valence-electron chi connectivity index (χ2n) is 8.92. The first-order valence-electron chi connectivity index (χ1n) is 9.95. The molecule has 0 atom stereocenters. The zero-order valence-corrected chi connectivity index (χ0v) is 17.4. The standard InChI is InChI=1S/C24H22F2N4/c1-14-28-23-21(29(14)13-24(2,3)4)15-8-5-6-9-16(15)22-27-12-19(30(22)23)20-17(25)10-7-11-18(20)26/h5-12H,13H2,1-4H3. The molecule has 5 rings (SSSR count). The number of aromatic nitrogens is 4. The highest BCUT2D eigenvalue weighted by atomic mass is 19.1. The van der Waals surface area contributed by atoms with Crippen molar-refractivity contribution in [1.29, 1.82) is 0 Å². The second-order valence-corrected chi connectivity index (χ2v) is 8.92. The number of pyridine rings is 1. The van der Waals surface area contributed by atoms with E-state index in [0.717, 1.165) is 28.7 Å². The Morgan fingerprint density at radius 3 is 2.23 bits per heavy atom. The molecule has 0 aliphatic rings. The summed E-state index contributed by atoms with van der Waals surface area (Å²) in [7, 11) is 0. The third-order valence-electron chi connectivity index (χ3n) is 5.39. The van der Waals surface area contributed by atoms with Gasteiger partial charge in [0.1, 0.15) is 23.1 Å². The fourth-order valence-electron chi connectivity index (χ4n) is 4.20. The maximum atomic E-state index is 14.7. The lowest BCUT2D eigenvalue weighted by atomic mass is 9.96. The summed E-state index contributed by atoms with van der Waals surface area (Å²) in [5.41, 5.74) is 2.53. The molecule has 3 heterocycles. The van der Waals surface area contributed by atoms with Crippen molar-refractivity contribution in [2.24, 2.45) is 5.41 Å². The van der Waals surface area contributed by atoms with E-state index in [1.807, 2.05) is 25.1 Å². The topological polar surface area (TPSA) is 35.1 Å². The Bertz CT molecular complexity index is 1420. The minimum absolute atomic E-state index is 0.0316. The molecule has 2 aromatic carbocycles. The lowest BCUT2D eigenvalue weighted by molar-refractivity contribution is 0.345. The van der Waals surface area contributed by atoms with Crippen molar-refractivity contribution < 1.29 is 8.78 Å². The van der Waals surface area contributed by atoms with Gasteiger partial charge >= 0.3 is 0 Å². The molecule has 3 aromatic heterocycles.